The number of hydrogen-bond acceptors (Lipinski definition) is 4. The maximum atomic E-state index is 10.2. The second-order valence-electron chi connectivity index (χ2n) is 1.88. The van der Waals surface area contributed by atoms with Gasteiger partial charge in [0.2, 0.25) is 0 Å². The van der Waals surface area contributed by atoms with Crippen LogP contribution in [0.15, 0.2) is 12.7 Å². The average molecular weight is 160 g/mol. The predicted molar refractivity (Wildman–Crippen MR) is 38.8 cm³/mol. The molecule has 0 saturated carbocycles. The van der Waals surface area contributed by atoms with Gasteiger partial charge in [-0.25, -0.2) is 0 Å². The topological polar surface area (TPSA) is 55.8 Å². The van der Waals surface area contributed by atoms with Gasteiger partial charge < -0.3 is 14.6 Å². The number of carbonyl (C=O) groups excluding carboxylic acids is 1. The number of aliphatic hydroxyl groups excluding tert-OH is 1. The van der Waals surface area contributed by atoms with Crippen molar-refractivity contribution >= 4 is 5.97 Å². The fourth-order valence-corrected chi connectivity index (χ4v) is 0.416. The molecule has 0 aromatic heterocycles. The Kier molecular flexibility index (Phi) is 5.42. The van der Waals surface area contributed by atoms with E-state index < -0.39 is 12.3 Å². The van der Waals surface area contributed by atoms with Crippen molar-refractivity contribution in [2.24, 2.45) is 0 Å². The van der Waals surface area contributed by atoms with Crippen LogP contribution in [0.4, 0.5) is 0 Å². The van der Waals surface area contributed by atoms with E-state index in [0.717, 1.165) is 0 Å². The van der Waals surface area contributed by atoms with E-state index in [2.05, 4.69) is 11.3 Å². The molecule has 0 radical (unpaired) electrons. The third-order valence-corrected chi connectivity index (χ3v) is 0.836. The molecule has 0 amide bonds. The molecule has 0 heterocycles. The summed E-state index contributed by atoms with van der Waals surface area (Å²) in [6.45, 7) is 4.75. The van der Waals surface area contributed by atoms with Crippen molar-refractivity contribution in [2.75, 3.05) is 13.2 Å². The number of aliphatic hydroxyl groups is 1. The van der Waals surface area contributed by atoms with Crippen LogP contribution < -0.4 is 0 Å². The molecule has 0 rings (SSSR count). The lowest BCUT2D eigenvalue weighted by atomic mass is 10.6. The second-order valence-corrected chi connectivity index (χ2v) is 1.88. The van der Waals surface area contributed by atoms with Crippen LogP contribution in [-0.4, -0.2) is 30.6 Å². The van der Waals surface area contributed by atoms with Gasteiger partial charge in [-0.05, 0) is 0 Å². The summed E-state index contributed by atoms with van der Waals surface area (Å²) in [6, 6.07) is 0. The van der Waals surface area contributed by atoms with Crippen LogP contribution in [0.5, 0.6) is 0 Å². The smallest absolute Gasteiger partial charge is 0.302 e. The molecule has 4 heteroatoms. The molecule has 0 saturated heterocycles. The quantitative estimate of drug-likeness (QED) is 0.351. The molecular formula is C7H12O4. The normalized spacial score (nSPS) is 12.2. The van der Waals surface area contributed by atoms with Gasteiger partial charge in [-0.2, -0.15) is 0 Å². The third-order valence-electron chi connectivity index (χ3n) is 0.836. The molecule has 0 aliphatic rings. The summed E-state index contributed by atoms with van der Waals surface area (Å²) < 4.78 is 9.15. The molecule has 11 heavy (non-hydrogen) atoms. The Hall–Kier alpha value is -0.870. The van der Waals surface area contributed by atoms with Gasteiger partial charge in [0.25, 0.3) is 0 Å². The van der Waals surface area contributed by atoms with E-state index in [0.29, 0.717) is 0 Å². The molecule has 0 aliphatic carbocycles. The fourth-order valence-electron chi connectivity index (χ4n) is 0.416. The Morgan fingerprint density at radius 3 is 2.91 bits per heavy atom. The molecule has 64 valence electrons. The van der Waals surface area contributed by atoms with Gasteiger partial charge in [0.05, 0.1) is 6.61 Å². The number of hydrogen-bond donors (Lipinski definition) is 1. The maximum Gasteiger partial charge on any atom is 0.302 e. The van der Waals surface area contributed by atoms with Crippen LogP contribution >= 0.6 is 0 Å². The Labute approximate surface area is 65.4 Å². The Morgan fingerprint density at radius 1 is 1.82 bits per heavy atom. The highest BCUT2D eigenvalue weighted by Crippen LogP contribution is 1.88. The molecule has 0 spiro atoms. The van der Waals surface area contributed by atoms with Crippen molar-refractivity contribution in [3.8, 4) is 0 Å². The lowest BCUT2D eigenvalue weighted by molar-refractivity contribution is -0.161. The zero-order valence-corrected chi connectivity index (χ0v) is 6.45. The lowest BCUT2D eigenvalue weighted by Gasteiger charge is -2.09. The van der Waals surface area contributed by atoms with Crippen molar-refractivity contribution in [3.05, 3.63) is 12.7 Å². The van der Waals surface area contributed by atoms with Gasteiger partial charge in [-0.1, -0.05) is 6.08 Å². The molecule has 0 aromatic rings. The summed E-state index contributed by atoms with van der Waals surface area (Å²) in [5.41, 5.74) is 0. The highest BCUT2D eigenvalue weighted by molar-refractivity contribution is 5.65. The summed E-state index contributed by atoms with van der Waals surface area (Å²) in [5, 5.41) is 8.88. The van der Waals surface area contributed by atoms with Crippen LogP contribution in [0.25, 0.3) is 0 Å². The zero-order valence-electron chi connectivity index (χ0n) is 6.45. The van der Waals surface area contributed by atoms with Gasteiger partial charge >= 0.3 is 5.97 Å². The lowest BCUT2D eigenvalue weighted by Crippen LogP contribution is -2.20. The minimum absolute atomic E-state index is 0.136. The van der Waals surface area contributed by atoms with Gasteiger partial charge in [-0.3, -0.25) is 4.79 Å². The SMILES string of the molecule is C=CCOC(O)COC(C)=O. The van der Waals surface area contributed by atoms with Crippen molar-refractivity contribution in [1.82, 2.24) is 0 Å². The van der Waals surface area contributed by atoms with Crippen LogP contribution in [0.2, 0.25) is 0 Å². The third kappa shape index (κ3) is 7.02. The van der Waals surface area contributed by atoms with E-state index in [-0.39, 0.29) is 13.2 Å². The van der Waals surface area contributed by atoms with Gasteiger partial charge in [0.1, 0.15) is 6.61 Å². The summed E-state index contributed by atoms with van der Waals surface area (Å²) in [4.78, 5) is 10.2. The molecule has 1 N–H and O–H groups in total. The number of esters is 1. The van der Waals surface area contributed by atoms with Crippen LogP contribution in [0.1, 0.15) is 6.92 Å². The minimum Gasteiger partial charge on any atom is -0.460 e. The first-order chi connectivity index (χ1) is 5.16. The average Bonchev–Trinajstić information content (AvgIpc) is 1.97. The molecular weight excluding hydrogens is 148 g/mol. The van der Waals surface area contributed by atoms with Crippen molar-refractivity contribution < 1.29 is 19.4 Å². The van der Waals surface area contributed by atoms with Crippen molar-refractivity contribution in [2.45, 2.75) is 13.2 Å². The summed E-state index contributed by atoms with van der Waals surface area (Å²) in [5.74, 6) is -0.439. The Balaban J connectivity index is 3.28. The van der Waals surface area contributed by atoms with E-state index in [4.69, 9.17) is 9.84 Å². The van der Waals surface area contributed by atoms with E-state index in [1.165, 1.54) is 13.0 Å². The van der Waals surface area contributed by atoms with Gasteiger partial charge in [-0.15, -0.1) is 6.58 Å². The van der Waals surface area contributed by atoms with Crippen molar-refractivity contribution in [3.63, 3.8) is 0 Å². The number of rotatable bonds is 5. The second kappa shape index (κ2) is 5.88. The van der Waals surface area contributed by atoms with E-state index in [9.17, 15) is 4.79 Å². The minimum atomic E-state index is -1.06. The maximum absolute atomic E-state index is 10.2. The number of ether oxygens (including phenoxy) is 2. The van der Waals surface area contributed by atoms with Crippen LogP contribution in [0, 0.1) is 0 Å². The zero-order chi connectivity index (χ0) is 8.69. The fraction of sp³-hybridized carbons (Fsp3) is 0.571. The largest absolute Gasteiger partial charge is 0.460 e. The van der Waals surface area contributed by atoms with Gasteiger partial charge in [0.15, 0.2) is 6.29 Å². The molecule has 0 fully saturated rings. The van der Waals surface area contributed by atoms with E-state index in [1.807, 2.05) is 0 Å². The Morgan fingerprint density at radius 2 is 2.45 bits per heavy atom. The summed E-state index contributed by atoms with van der Waals surface area (Å²) in [6.07, 6.45) is 0.439. The highest BCUT2D eigenvalue weighted by atomic mass is 16.6. The predicted octanol–water partition coefficient (Wildman–Crippen LogP) is 0.0705. The first-order valence-corrected chi connectivity index (χ1v) is 3.20. The Bertz CT molecular complexity index is 132. The molecule has 0 aromatic carbocycles. The standard InChI is InChI=1S/C7H12O4/c1-3-4-10-7(9)5-11-6(2)8/h3,7,9H,1,4-5H2,2H3. The molecule has 1 unspecified atom stereocenters. The molecule has 0 aliphatic heterocycles. The first-order valence-electron chi connectivity index (χ1n) is 3.20. The van der Waals surface area contributed by atoms with E-state index >= 15 is 0 Å². The molecule has 4 nitrogen and oxygen atoms in total. The van der Waals surface area contributed by atoms with Crippen LogP contribution in [-0.2, 0) is 14.3 Å². The monoisotopic (exact) mass is 160 g/mol. The van der Waals surface area contributed by atoms with Crippen molar-refractivity contribution in [1.29, 1.82) is 0 Å². The first kappa shape index (κ1) is 10.1. The van der Waals surface area contributed by atoms with Gasteiger partial charge in [0, 0.05) is 6.92 Å². The molecule has 0 bridgehead atoms. The summed E-state index contributed by atoms with van der Waals surface area (Å²) in [7, 11) is 0. The van der Waals surface area contributed by atoms with Crippen LogP contribution in [0.3, 0.4) is 0 Å². The highest BCUT2D eigenvalue weighted by Gasteiger charge is 2.03. The summed E-state index contributed by atoms with van der Waals surface area (Å²) >= 11 is 0. The number of carbonyl (C=O) groups is 1. The van der Waals surface area contributed by atoms with E-state index in [1.54, 1.807) is 0 Å². The molecule has 1 atom stereocenters.